The van der Waals surface area contributed by atoms with Crippen molar-refractivity contribution in [3.05, 3.63) is 35.9 Å². The van der Waals surface area contributed by atoms with E-state index in [9.17, 15) is 4.79 Å². The van der Waals surface area contributed by atoms with E-state index in [0.717, 1.165) is 18.4 Å². The highest BCUT2D eigenvalue weighted by molar-refractivity contribution is 5.85. The first-order valence-electron chi connectivity index (χ1n) is 7.64. The molecule has 118 valence electrons. The van der Waals surface area contributed by atoms with Crippen LogP contribution in [0.3, 0.4) is 0 Å². The van der Waals surface area contributed by atoms with Crippen molar-refractivity contribution in [1.82, 2.24) is 5.32 Å². The molecule has 1 fully saturated rings. The largest absolute Gasteiger partial charge is 0.351 e. The molecular formula is C17H27ClN2O. The number of carbonyl (C=O) groups is 1. The molecule has 0 bridgehead atoms. The molecule has 1 saturated carbocycles. The lowest BCUT2D eigenvalue weighted by molar-refractivity contribution is -0.127. The smallest absolute Gasteiger partial charge is 0.225 e. The van der Waals surface area contributed by atoms with Gasteiger partial charge in [-0.3, -0.25) is 4.79 Å². The van der Waals surface area contributed by atoms with E-state index < -0.39 is 0 Å². The Balaban J connectivity index is 0.00000220. The molecule has 1 aromatic rings. The fourth-order valence-electron chi connectivity index (χ4n) is 3.00. The molecule has 21 heavy (non-hydrogen) atoms. The topological polar surface area (TPSA) is 55.1 Å². The third kappa shape index (κ3) is 4.72. The summed E-state index contributed by atoms with van der Waals surface area (Å²) in [5.74, 6) is -0.137. The number of hydrogen-bond acceptors (Lipinski definition) is 2. The highest BCUT2D eigenvalue weighted by atomic mass is 35.5. The number of amides is 1. The molecule has 1 aromatic carbocycles. The Morgan fingerprint density at radius 2 is 1.76 bits per heavy atom. The van der Waals surface area contributed by atoms with Crippen LogP contribution in [0, 0.1) is 5.92 Å². The molecule has 2 rings (SSSR count). The second-order valence-electron chi connectivity index (χ2n) is 6.34. The maximum absolute atomic E-state index is 12.4. The van der Waals surface area contributed by atoms with Crippen molar-refractivity contribution >= 4 is 18.3 Å². The van der Waals surface area contributed by atoms with Gasteiger partial charge >= 0.3 is 0 Å². The van der Waals surface area contributed by atoms with Crippen LogP contribution < -0.4 is 11.1 Å². The molecule has 1 amide bonds. The van der Waals surface area contributed by atoms with Gasteiger partial charge in [0.15, 0.2) is 0 Å². The first-order valence-corrected chi connectivity index (χ1v) is 7.64. The maximum Gasteiger partial charge on any atom is 0.225 e. The number of nitrogens with one attached hydrogen (secondary N) is 1. The predicted octanol–water partition coefficient (Wildman–Crippen LogP) is 3.58. The van der Waals surface area contributed by atoms with E-state index in [0.29, 0.717) is 0 Å². The standard InChI is InChI=1S/C17H26N2O.ClH/c1-13(15(18)14-9-5-3-6-10-14)16(20)19-17(2)11-7-4-8-12-17;/h3,5-6,9-10,13,15H,4,7-8,11-12,18H2,1-2H3,(H,19,20);1H. The Labute approximate surface area is 134 Å². The number of nitrogens with two attached hydrogens (primary N) is 1. The van der Waals surface area contributed by atoms with Crippen LogP contribution in [0.25, 0.3) is 0 Å². The molecule has 0 aromatic heterocycles. The molecule has 0 spiro atoms. The van der Waals surface area contributed by atoms with Crippen LogP contribution in [0.15, 0.2) is 30.3 Å². The van der Waals surface area contributed by atoms with Gasteiger partial charge in [-0.05, 0) is 25.3 Å². The number of benzene rings is 1. The number of rotatable bonds is 4. The minimum atomic E-state index is -0.247. The molecule has 0 saturated heterocycles. The van der Waals surface area contributed by atoms with Gasteiger partial charge < -0.3 is 11.1 Å². The lowest BCUT2D eigenvalue weighted by Gasteiger charge is -2.36. The third-order valence-electron chi connectivity index (χ3n) is 4.52. The van der Waals surface area contributed by atoms with Crippen LogP contribution in [-0.2, 0) is 4.79 Å². The highest BCUT2D eigenvalue weighted by Gasteiger charge is 2.31. The van der Waals surface area contributed by atoms with Crippen molar-refractivity contribution in [2.24, 2.45) is 11.7 Å². The molecule has 2 unspecified atom stereocenters. The van der Waals surface area contributed by atoms with Gasteiger partial charge in [0.1, 0.15) is 0 Å². The van der Waals surface area contributed by atoms with Crippen LogP contribution in [0.5, 0.6) is 0 Å². The van der Waals surface area contributed by atoms with Gasteiger partial charge in [0, 0.05) is 11.6 Å². The molecule has 0 aliphatic heterocycles. The van der Waals surface area contributed by atoms with Crippen molar-refractivity contribution in [2.75, 3.05) is 0 Å². The Morgan fingerprint density at radius 3 is 2.33 bits per heavy atom. The zero-order chi connectivity index (χ0) is 14.6. The summed E-state index contributed by atoms with van der Waals surface area (Å²) in [6, 6.07) is 9.60. The van der Waals surface area contributed by atoms with Gasteiger partial charge in [0.2, 0.25) is 5.91 Å². The summed E-state index contributed by atoms with van der Waals surface area (Å²) in [5, 5.41) is 3.23. The lowest BCUT2D eigenvalue weighted by atomic mass is 9.82. The average Bonchev–Trinajstić information content (AvgIpc) is 2.47. The summed E-state index contributed by atoms with van der Waals surface area (Å²) in [7, 11) is 0. The molecule has 3 N–H and O–H groups in total. The van der Waals surface area contributed by atoms with Crippen molar-refractivity contribution in [1.29, 1.82) is 0 Å². The summed E-state index contributed by atoms with van der Waals surface area (Å²) >= 11 is 0. The summed E-state index contributed by atoms with van der Waals surface area (Å²) in [5.41, 5.74) is 7.20. The molecule has 1 aliphatic rings. The van der Waals surface area contributed by atoms with Gasteiger partial charge in [0.05, 0.1) is 5.92 Å². The fourth-order valence-corrected chi connectivity index (χ4v) is 3.00. The normalized spacial score (nSPS) is 20.0. The van der Waals surface area contributed by atoms with E-state index in [1.165, 1.54) is 19.3 Å². The predicted molar refractivity (Wildman–Crippen MR) is 89.4 cm³/mol. The van der Waals surface area contributed by atoms with Gasteiger partial charge in [-0.15, -0.1) is 12.4 Å². The third-order valence-corrected chi connectivity index (χ3v) is 4.52. The number of hydrogen-bond donors (Lipinski definition) is 2. The van der Waals surface area contributed by atoms with Crippen LogP contribution in [-0.4, -0.2) is 11.4 Å². The fraction of sp³-hybridized carbons (Fsp3) is 0.588. The maximum atomic E-state index is 12.4. The number of carbonyl (C=O) groups excluding carboxylic acids is 1. The lowest BCUT2D eigenvalue weighted by Crippen LogP contribution is -2.50. The summed E-state index contributed by atoms with van der Waals surface area (Å²) in [4.78, 5) is 12.4. The Kier molecular flexibility index (Phi) is 6.69. The SMILES string of the molecule is CC(C(=O)NC1(C)CCCCC1)C(N)c1ccccc1.Cl. The second-order valence-corrected chi connectivity index (χ2v) is 6.34. The Bertz CT molecular complexity index is 443. The molecule has 0 radical (unpaired) electrons. The monoisotopic (exact) mass is 310 g/mol. The van der Waals surface area contributed by atoms with Gasteiger partial charge in [0.25, 0.3) is 0 Å². The van der Waals surface area contributed by atoms with Crippen LogP contribution in [0.2, 0.25) is 0 Å². The molecule has 0 heterocycles. The molecule has 2 atom stereocenters. The van der Waals surface area contributed by atoms with Crippen LogP contribution >= 0.6 is 12.4 Å². The van der Waals surface area contributed by atoms with Gasteiger partial charge in [-0.2, -0.15) is 0 Å². The van der Waals surface area contributed by atoms with Gasteiger partial charge in [-0.1, -0.05) is 56.5 Å². The van der Waals surface area contributed by atoms with E-state index >= 15 is 0 Å². The average molecular weight is 311 g/mol. The van der Waals surface area contributed by atoms with E-state index in [1.807, 2.05) is 37.3 Å². The summed E-state index contributed by atoms with van der Waals surface area (Å²) < 4.78 is 0. The zero-order valence-corrected chi connectivity index (χ0v) is 13.8. The van der Waals surface area contributed by atoms with Crippen LogP contribution in [0.1, 0.15) is 57.6 Å². The van der Waals surface area contributed by atoms with E-state index in [-0.39, 0.29) is 35.8 Å². The molecular weight excluding hydrogens is 284 g/mol. The van der Waals surface area contributed by atoms with E-state index in [2.05, 4.69) is 12.2 Å². The summed E-state index contributed by atoms with van der Waals surface area (Å²) in [6.45, 7) is 4.07. The number of halogens is 1. The van der Waals surface area contributed by atoms with Crippen molar-refractivity contribution in [2.45, 2.75) is 57.5 Å². The van der Waals surface area contributed by atoms with E-state index in [4.69, 9.17) is 5.73 Å². The Hall–Kier alpha value is -1.06. The Morgan fingerprint density at radius 1 is 1.19 bits per heavy atom. The highest BCUT2D eigenvalue weighted by Crippen LogP contribution is 2.28. The summed E-state index contributed by atoms with van der Waals surface area (Å²) in [6.07, 6.45) is 5.84. The van der Waals surface area contributed by atoms with Crippen LogP contribution in [0.4, 0.5) is 0 Å². The quantitative estimate of drug-likeness (QED) is 0.893. The minimum absolute atomic E-state index is 0. The van der Waals surface area contributed by atoms with Crippen molar-refractivity contribution in [3.8, 4) is 0 Å². The molecule has 4 heteroatoms. The zero-order valence-electron chi connectivity index (χ0n) is 13.0. The van der Waals surface area contributed by atoms with Gasteiger partial charge in [-0.25, -0.2) is 0 Å². The van der Waals surface area contributed by atoms with E-state index in [1.54, 1.807) is 0 Å². The minimum Gasteiger partial charge on any atom is -0.351 e. The van der Waals surface area contributed by atoms with Crippen molar-refractivity contribution < 1.29 is 4.79 Å². The van der Waals surface area contributed by atoms with Crippen molar-refractivity contribution in [3.63, 3.8) is 0 Å². The first kappa shape index (κ1) is 18.0. The molecule has 3 nitrogen and oxygen atoms in total. The second kappa shape index (κ2) is 7.81. The first-order chi connectivity index (χ1) is 9.52. The molecule has 1 aliphatic carbocycles.